The van der Waals surface area contributed by atoms with Gasteiger partial charge in [0.05, 0.1) is 5.02 Å². The molecule has 2 aromatic rings. The van der Waals surface area contributed by atoms with Crippen LogP contribution in [0.15, 0.2) is 29.4 Å². The van der Waals surface area contributed by atoms with E-state index in [0.717, 1.165) is 27.3 Å². The van der Waals surface area contributed by atoms with Crippen molar-refractivity contribution in [2.24, 2.45) is 0 Å². The monoisotopic (exact) mass is 307 g/mol. The van der Waals surface area contributed by atoms with Gasteiger partial charge in [0, 0.05) is 11.6 Å². The summed E-state index contributed by atoms with van der Waals surface area (Å²) in [5, 5.41) is 10.6. The fourth-order valence-electron chi connectivity index (χ4n) is 2.82. The second-order valence-corrected chi connectivity index (χ2v) is 6.67. The summed E-state index contributed by atoms with van der Waals surface area (Å²) in [7, 11) is 0. The zero-order valence-corrected chi connectivity index (χ0v) is 13.1. The lowest BCUT2D eigenvalue weighted by Crippen LogP contribution is -2.08. The summed E-state index contributed by atoms with van der Waals surface area (Å²) < 4.78 is 2.31. The van der Waals surface area contributed by atoms with E-state index in [-0.39, 0.29) is 0 Å². The molecule has 0 unspecified atom stereocenters. The highest BCUT2D eigenvalue weighted by Gasteiger charge is 2.25. The molecule has 0 N–H and O–H groups in total. The summed E-state index contributed by atoms with van der Waals surface area (Å²) in [6.45, 7) is 2.15. The fraction of sp³-hybridized carbons (Fsp3) is 0.467. The molecule has 1 aliphatic carbocycles. The number of aromatic nitrogens is 3. The first-order valence-corrected chi connectivity index (χ1v) is 8.50. The molecule has 1 saturated carbocycles. The number of halogens is 1. The Kier molecular flexibility index (Phi) is 4.32. The summed E-state index contributed by atoms with van der Waals surface area (Å²) in [6.07, 6.45) is 5.02. The standard InChI is InChI=1S/C15H18ClN3S/c1-2-20-15-18-17-14(12-9-5-6-10-13(12)16)19(15)11-7-3-4-8-11/h5-6,9-11H,2-4,7-8H2,1H3. The van der Waals surface area contributed by atoms with Gasteiger partial charge in [-0.3, -0.25) is 4.57 Å². The number of hydrogen-bond donors (Lipinski definition) is 0. The van der Waals surface area contributed by atoms with Crippen molar-refractivity contribution < 1.29 is 0 Å². The van der Waals surface area contributed by atoms with E-state index in [4.69, 9.17) is 11.6 Å². The number of rotatable bonds is 4. The molecule has 0 spiro atoms. The summed E-state index contributed by atoms with van der Waals surface area (Å²) >= 11 is 8.09. The first-order valence-electron chi connectivity index (χ1n) is 7.14. The summed E-state index contributed by atoms with van der Waals surface area (Å²) in [4.78, 5) is 0. The van der Waals surface area contributed by atoms with Crippen LogP contribution < -0.4 is 0 Å². The molecule has 1 heterocycles. The van der Waals surface area contributed by atoms with Crippen LogP contribution in [0.25, 0.3) is 11.4 Å². The van der Waals surface area contributed by atoms with Crippen LogP contribution in [0.3, 0.4) is 0 Å². The van der Waals surface area contributed by atoms with Crippen molar-refractivity contribution in [1.82, 2.24) is 14.8 Å². The third-order valence-electron chi connectivity index (χ3n) is 3.74. The largest absolute Gasteiger partial charge is 0.299 e. The molecular formula is C15H18ClN3S. The van der Waals surface area contributed by atoms with E-state index >= 15 is 0 Å². The van der Waals surface area contributed by atoms with Gasteiger partial charge in [-0.25, -0.2) is 0 Å². The quantitative estimate of drug-likeness (QED) is 0.758. The minimum atomic E-state index is 0.519. The van der Waals surface area contributed by atoms with Crippen LogP contribution in [0.5, 0.6) is 0 Å². The molecule has 1 aromatic carbocycles. The van der Waals surface area contributed by atoms with E-state index in [9.17, 15) is 0 Å². The van der Waals surface area contributed by atoms with Gasteiger partial charge < -0.3 is 0 Å². The van der Waals surface area contributed by atoms with Gasteiger partial charge in [0.15, 0.2) is 11.0 Å². The minimum Gasteiger partial charge on any atom is -0.299 e. The van der Waals surface area contributed by atoms with Gasteiger partial charge in [-0.15, -0.1) is 10.2 Å². The van der Waals surface area contributed by atoms with Gasteiger partial charge in [-0.2, -0.15) is 0 Å². The molecule has 106 valence electrons. The topological polar surface area (TPSA) is 30.7 Å². The number of nitrogens with zero attached hydrogens (tertiary/aromatic N) is 3. The lowest BCUT2D eigenvalue weighted by molar-refractivity contribution is 0.485. The average molecular weight is 308 g/mol. The van der Waals surface area contributed by atoms with Crippen molar-refractivity contribution in [2.75, 3.05) is 5.75 Å². The Morgan fingerprint density at radius 2 is 2.00 bits per heavy atom. The Morgan fingerprint density at radius 3 is 2.70 bits per heavy atom. The Morgan fingerprint density at radius 1 is 1.25 bits per heavy atom. The molecule has 1 aliphatic rings. The SMILES string of the molecule is CCSc1nnc(-c2ccccc2Cl)n1C1CCCC1. The Labute approximate surface area is 128 Å². The highest BCUT2D eigenvalue weighted by molar-refractivity contribution is 7.99. The van der Waals surface area contributed by atoms with Crippen LogP contribution in [0.4, 0.5) is 0 Å². The lowest BCUT2D eigenvalue weighted by Gasteiger charge is -2.17. The molecule has 1 aromatic heterocycles. The molecule has 5 heteroatoms. The zero-order valence-electron chi connectivity index (χ0n) is 11.6. The average Bonchev–Trinajstić information content (AvgIpc) is 3.08. The molecule has 0 saturated heterocycles. The number of hydrogen-bond acceptors (Lipinski definition) is 3. The maximum Gasteiger partial charge on any atom is 0.191 e. The van der Waals surface area contributed by atoms with E-state index in [2.05, 4.69) is 21.7 Å². The second kappa shape index (κ2) is 6.19. The molecule has 0 bridgehead atoms. The maximum atomic E-state index is 6.34. The molecule has 1 fully saturated rings. The van der Waals surface area contributed by atoms with E-state index in [0.29, 0.717) is 6.04 Å². The van der Waals surface area contributed by atoms with Gasteiger partial charge >= 0.3 is 0 Å². The molecule has 0 radical (unpaired) electrons. The van der Waals surface area contributed by atoms with Gasteiger partial charge in [0.25, 0.3) is 0 Å². The van der Waals surface area contributed by atoms with Gasteiger partial charge in [-0.1, -0.05) is 55.3 Å². The minimum absolute atomic E-state index is 0.519. The van der Waals surface area contributed by atoms with Crippen molar-refractivity contribution >= 4 is 23.4 Å². The molecule has 3 rings (SSSR count). The third kappa shape index (κ3) is 2.59. The van der Waals surface area contributed by atoms with Crippen LogP contribution in [-0.2, 0) is 0 Å². The molecule has 20 heavy (non-hydrogen) atoms. The number of benzene rings is 1. The van der Waals surface area contributed by atoms with Crippen molar-refractivity contribution in [2.45, 2.75) is 43.8 Å². The van der Waals surface area contributed by atoms with Crippen molar-refractivity contribution in [1.29, 1.82) is 0 Å². The van der Waals surface area contributed by atoms with Crippen molar-refractivity contribution in [3.8, 4) is 11.4 Å². The summed E-state index contributed by atoms with van der Waals surface area (Å²) in [5.74, 6) is 1.92. The van der Waals surface area contributed by atoms with Crippen molar-refractivity contribution in [3.63, 3.8) is 0 Å². The van der Waals surface area contributed by atoms with E-state index in [1.807, 2.05) is 24.3 Å². The summed E-state index contributed by atoms with van der Waals surface area (Å²) in [6, 6.07) is 8.41. The van der Waals surface area contributed by atoms with Crippen LogP contribution in [-0.4, -0.2) is 20.5 Å². The number of thioether (sulfide) groups is 1. The van der Waals surface area contributed by atoms with E-state index in [1.165, 1.54) is 25.7 Å². The maximum absolute atomic E-state index is 6.34. The molecule has 0 atom stereocenters. The van der Waals surface area contributed by atoms with Gasteiger partial charge in [-0.05, 0) is 30.7 Å². The normalized spacial score (nSPS) is 15.9. The van der Waals surface area contributed by atoms with E-state index in [1.54, 1.807) is 11.8 Å². The van der Waals surface area contributed by atoms with Gasteiger partial charge in [0.1, 0.15) is 0 Å². The van der Waals surface area contributed by atoms with Crippen LogP contribution in [0, 0.1) is 0 Å². The molecule has 0 aliphatic heterocycles. The predicted molar refractivity (Wildman–Crippen MR) is 84.4 cm³/mol. The van der Waals surface area contributed by atoms with E-state index < -0.39 is 0 Å². The van der Waals surface area contributed by atoms with Crippen LogP contribution in [0.1, 0.15) is 38.6 Å². The first kappa shape index (κ1) is 14.0. The molecular weight excluding hydrogens is 290 g/mol. The Bertz CT molecular complexity index is 591. The molecule has 3 nitrogen and oxygen atoms in total. The smallest absolute Gasteiger partial charge is 0.191 e. The van der Waals surface area contributed by atoms with Gasteiger partial charge in [0.2, 0.25) is 0 Å². The fourth-order valence-corrected chi connectivity index (χ4v) is 3.77. The lowest BCUT2D eigenvalue weighted by atomic mass is 10.2. The van der Waals surface area contributed by atoms with Crippen LogP contribution >= 0.6 is 23.4 Å². The highest BCUT2D eigenvalue weighted by atomic mass is 35.5. The van der Waals surface area contributed by atoms with Crippen molar-refractivity contribution in [3.05, 3.63) is 29.3 Å². The second-order valence-electron chi connectivity index (χ2n) is 5.03. The highest BCUT2D eigenvalue weighted by Crippen LogP contribution is 2.37. The summed E-state index contributed by atoms with van der Waals surface area (Å²) in [5.41, 5.74) is 0.983. The predicted octanol–water partition coefficient (Wildman–Crippen LogP) is 4.83. The molecule has 0 amide bonds. The Balaban J connectivity index is 2.08. The first-order chi connectivity index (χ1) is 9.81. The Hall–Kier alpha value is -1.00. The van der Waals surface area contributed by atoms with Crippen LogP contribution in [0.2, 0.25) is 5.02 Å². The third-order valence-corrected chi connectivity index (χ3v) is 4.90. The zero-order chi connectivity index (χ0) is 13.9.